The second-order valence-corrected chi connectivity index (χ2v) is 6.52. The Balaban J connectivity index is 2.79. The van der Waals surface area contributed by atoms with Crippen molar-refractivity contribution >= 4 is 11.6 Å². The smallest absolute Gasteiger partial charge is 0.251 e. The van der Waals surface area contributed by atoms with Crippen LogP contribution in [0.3, 0.4) is 0 Å². The largest absolute Gasteiger partial charge is 0.385 e. The molecule has 1 amide bonds. The summed E-state index contributed by atoms with van der Waals surface area (Å²) in [6.07, 6.45) is 1.09. The average molecular weight is 276 g/mol. The summed E-state index contributed by atoms with van der Waals surface area (Å²) in [5, 5.41) is 6.41. The molecule has 3 nitrogen and oxygen atoms in total. The van der Waals surface area contributed by atoms with Gasteiger partial charge in [0.05, 0.1) is 0 Å². The third kappa shape index (κ3) is 4.55. The fourth-order valence-corrected chi connectivity index (χ4v) is 1.79. The maximum Gasteiger partial charge on any atom is 0.251 e. The normalized spacial score (nSPS) is 12.9. The summed E-state index contributed by atoms with van der Waals surface area (Å²) in [7, 11) is 0. The van der Waals surface area contributed by atoms with Crippen LogP contribution in [0, 0.1) is 12.3 Å². The zero-order chi connectivity index (χ0) is 15.3. The molecule has 0 radical (unpaired) electrons. The molecule has 0 aliphatic carbocycles. The Morgan fingerprint density at radius 2 is 1.95 bits per heavy atom. The molecule has 1 aromatic carbocycles. The van der Waals surface area contributed by atoms with Gasteiger partial charge in [-0.25, -0.2) is 0 Å². The Morgan fingerprint density at radius 3 is 2.45 bits per heavy atom. The first kappa shape index (κ1) is 16.5. The Labute approximate surface area is 123 Å². The summed E-state index contributed by atoms with van der Waals surface area (Å²) in [6, 6.07) is 6.04. The minimum absolute atomic E-state index is 0.00645. The number of amides is 1. The molecule has 1 atom stereocenters. The van der Waals surface area contributed by atoms with Crippen LogP contribution < -0.4 is 10.6 Å². The molecule has 0 saturated carbocycles. The van der Waals surface area contributed by atoms with E-state index >= 15 is 0 Å². The zero-order valence-electron chi connectivity index (χ0n) is 13.6. The van der Waals surface area contributed by atoms with Crippen molar-refractivity contribution in [1.82, 2.24) is 5.32 Å². The molecule has 112 valence electrons. The van der Waals surface area contributed by atoms with E-state index in [1.165, 1.54) is 0 Å². The van der Waals surface area contributed by atoms with E-state index in [2.05, 4.69) is 38.3 Å². The van der Waals surface area contributed by atoms with Gasteiger partial charge in [-0.3, -0.25) is 4.79 Å². The van der Waals surface area contributed by atoms with Crippen LogP contribution in [-0.2, 0) is 0 Å². The predicted octanol–water partition coefficient (Wildman–Crippen LogP) is 3.98. The highest BCUT2D eigenvalue weighted by Gasteiger charge is 2.22. The Morgan fingerprint density at radius 1 is 1.30 bits per heavy atom. The second kappa shape index (κ2) is 6.78. The van der Waals surface area contributed by atoms with Crippen LogP contribution in [0.5, 0.6) is 0 Å². The molecular weight excluding hydrogens is 248 g/mol. The highest BCUT2D eigenvalue weighted by atomic mass is 16.1. The Bertz CT molecular complexity index is 461. The van der Waals surface area contributed by atoms with Crippen molar-refractivity contribution in [2.75, 3.05) is 11.9 Å². The van der Waals surface area contributed by atoms with Crippen molar-refractivity contribution in [2.24, 2.45) is 5.41 Å². The molecule has 0 spiro atoms. The van der Waals surface area contributed by atoms with E-state index in [4.69, 9.17) is 0 Å². The molecule has 0 aliphatic heterocycles. The van der Waals surface area contributed by atoms with Gasteiger partial charge < -0.3 is 10.6 Å². The van der Waals surface area contributed by atoms with E-state index in [1.807, 2.05) is 32.0 Å². The predicted molar refractivity (Wildman–Crippen MR) is 86.3 cm³/mol. The maximum absolute atomic E-state index is 12.3. The highest BCUT2D eigenvalue weighted by molar-refractivity contribution is 5.96. The molecule has 0 aromatic heterocycles. The van der Waals surface area contributed by atoms with Gasteiger partial charge in [0.1, 0.15) is 0 Å². The van der Waals surface area contributed by atoms with Crippen LogP contribution in [-0.4, -0.2) is 18.5 Å². The van der Waals surface area contributed by atoms with Crippen molar-refractivity contribution in [3.8, 4) is 0 Å². The SMILES string of the molecule is CCCNc1ccc(C(=O)NC(C)C(C)(C)C)c(C)c1. The molecule has 3 heteroatoms. The van der Waals surface area contributed by atoms with E-state index in [0.29, 0.717) is 0 Å². The van der Waals surface area contributed by atoms with Crippen molar-refractivity contribution < 1.29 is 4.79 Å². The molecule has 1 aromatic rings. The van der Waals surface area contributed by atoms with Gasteiger partial charge in [0.25, 0.3) is 5.91 Å². The van der Waals surface area contributed by atoms with E-state index in [0.717, 1.165) is 29.8 Å². The van der Waals surface area contributed by atoms with Gasteiger partial charge in [0.15, 0.2) is 0 Å². The highest BCUT2D eigenvalue weighted by Crippen LogP contribution is 2.20. The standard InChI is InChI=1S/C17H28N2O/c1-7-10-18-14-8-9-15(12(2)11-14)16(20)19-13(3)17(4,5)6/h8-9,11,13,18H,7,10H2,1-6H3,(H,19,20). The topological polar surface area (TPSA) is 41.1 Å². The second-order valence-electron chi connectivity index (χ2n) is 6.52. The first-order valence-corrected chi connectivity index (χ1v) is 7.41. The molecule has 1 unspecified atom stereocenters. The van der Waals surface area contributed by atoms with Gasteiger partial charge in [0, 0.05) is 23.8 Å². The van der Waals surface area contributed by atoms with Crippen LogP contribution in [0.1, 0.15) is 57.0 Å². The Kier molecular flexibility index (Phi) is 5.61. The molecule has 2 N–H and O–H groups in total. The summed E-state index contributed by atoms with van der Waals surface area (Å²) >= 11 is 0. The number of benzene rings is 1. The molecule has 0 aliphatic rings. The van der Waals surface area contributed by atoms with Crippen LogP contribution >= 0.6 is 0 Å². The number of nitrogens with one attached hydrogen (secondary N) is 2. The molecular formula is C17H28N2O. The maximum atomic E-state index is 12.3. The molecule has 20 heavy (non-hydrogen) atoms. The quantitative estimate of drug-likeness (QED) is 0.854. The van der Waals surface area contributed by atoms with Gasteiger partial charge in [-0.15, -0.1) is 0 Å². The zero-order valence-corrected chi connectivity index (χ0v) is 13.6. The van der Waals surface area contributed by atoms with Crippen LogP contribution in [0.4, 0.5) is 5.69 Å². The van der Waals surface area contributed by atoms with E-state index in [1.54, 1.807) is 0 Å². The van der Waals surface area contributed by atoms with E-state index in [9.17, 15) is 4.79 Å². The molecule has 1 rings (SSSR count). The number of carbonyl (C=O) groups is 1. The minimum atomic E-state index is 0.00645. The summed E-state index contributed by atoms with van der Waals surface area (Å²) in [6.45, 7) is 13.5. The number of hydrogen-bond donors (Lipinski definition) is 2. The summed E-state index contributed by atoms with van der Waals surface area (Å²) < 4.78 is 0. The van der Waals surface area contributed by atoms with Gasteiger partial charge in [-0.1, -0.05) is 27.7 Å². The minimum Gasteiger partial charge on any atom is -0.385 e. The number of aryl methyl sites for hydroxylation is 1. The van der Waals surface area contributed by atoms with E-state index in [-0.39, 0.29) is 17.4 Å². The molecule has 0 fully saturated rings. The fourth-order valence-electron chi connectivity index (χ4n) is 1.79. The number of anilines is 1. The van der Waals surface area contributed by atoms with Crippen LogP contribution in [0.2, 0.25) is 0 Å². The summed E-state index contributed by atoms with van der Waals surface area (Å²) in [4.78, 5) is 12.3. The van der Waals surface area contributed by atoms with Crippen molar-refractivity contribution in [3.05, 3.63) is 29.3 Å². The molecule has 0 bridgehead atoms. The number of carbonyl (C=O) groups excluding carboxylic acids is 1. The van der Waals surface area contributed by atoms with Crippen molar-refractivity contribution in [2.45, 2.75) is 54.0 Å². The third-order valence-corrected chi connectivity index (χ3v) is 3.70. The van der Waals surface area contributed by atoms with Crippen LogP contribution in [0.15, 0.2) is 18.2 Å². The average Bonchev–Trinajstić information content (AvgIpc) is 2.35. The Hall–Kier alpha value is -1.51. The van der Waals surface area contributed by atoms with Crippen molar-refractivity contribution in [3.63, 3.8) is 0 Å². The first-order valence-electron chi connectivity index (χ1n) is 7.41. The lowest BCUT2D eigenvalue weighted by Crippen LogP contribution is -2.41. The van der Waals surface area contributed by atoms with Crippen LogP contribution in [0.25, 0.3) is 0 Å². The van der Waals surface area contributed by atoms with E-state index < -0.39 is 0 Å². The van der Waals surface area contributed by atoms with Gasteiger partial charge in [-0.05, 0) is 49.4 Å². The molecule has 0 heterocycles. The first-order chi connectivity index (χ1) is 9.25. The lowest BCUT2D eigenvalue weighted by molar-refractivity contribution is 0.0909. The number of hydrogen-bond acceptors (Lipinski definition) is 2. The van der Waals surface area contributed by atoms with Gasteiger partial charge >= 0.3 is 0 Å². The summed E-state index contributed by atoms with van der Waals surface area (Å²) in [5.41, 5.74) is 2.89. The van der Waals surface area contributed by atoms with Gasteiger partial charge in [0.2, 0.25) is 0 Å². The third-order valence-electron chi connectivity index (χ3n) is 3.70. The van der Waals surface area contributed by atoms with Crippen molar-refractivity contribution in [1.29, 1.82) is 0 Å². The fraction of sp³-hybridized carbons (Fsp3) is 0.588. The lowest BCUT2D eigenvalue weighted by Gasteiger charge is -2.28. The lowest BCUT2D eigenvalue weighted by atomic mass is 9.88. The number of rotatable bonds is 5. The monoisotopic (exact) mass is 276 g/mol. The summed E-state index contributed by atoms with van der Waals surface area (Å²) in [5.74, 6) is 0.00645. The van der Waals surface area contributed by atoms with Gasteiger partial charge in [-0.2, -0.15) is 0 Å². The molecule has 0 saturated heterocycles.